The summed E-state index contributed by atoms with van der Waals surface area (Å²) in [5, 5.41) is 3.34. The van der Waals surface area contributed by atoms with Crippen molar-refractivity contribution in [2.75, 3.05) is 11.9 Å². The average molecular weight is 431 g/mol. The van der Waals surface area contributed by atoms with Gasteiger partial charge in [-0.15, -0.1) is 0 Å². The lowest BCUT2D eigenvalue weighted by atomic mass is 10.2. The first kappa shape index (κ1) is 21.5. The Hall–Kier alpha value is -1.80. The molecule has 2 N–H and O–H groups in total. The first-order chi connectivity index (χ1) is 12.6. The van der Waals surface area contributed by atoms with Crippen LogP contribution in [-0.2, 0) is 14.8 Å². The van der Waals surface area contributed by atoms with E-state index in [1.54, 1.807) is 39.0 Å². The monoisotopic (exact) mass is 430 g/mol. The number of amides is 1. The smallest absolute Gasteiger partial charge is 0.262 e. The Labute approximate surface area is 168 Å². The van der Waals surface area contributed by atoms with Gasteiger partial charge >= 0.3 is 0 Å². The first-order valence-corrected chi connectivity index (χ1v) is 10.3. The predicted molar refractivity (Wildman–Crippen MR) is 107 cm³/mol. The Kier molecular flexibility index (Phi) is 7.11. The molecule has 6 nitrogen and oxygen atoms in total. The molecule has 2 aromatic rings. The van der Waals surface area contributed by atoms with E-state index in [4.69, 9.17) is 27.9 Å². The first-order valence-electron chi connectivity index (χ1n) is 8.10. The minimum Gasteiger partial charge on any atom is -0.482 e. The van der Waals surface area contributed by atoms with Crippen LogP contribution in [-0.4, -0.2) is 27.0 Å². The maximum Gasteiger partial charge on any atom is 0.262 e. The van der Waals surface area contributed by atoms with E-state index in [1.165, 1.54) is 18.2 Å². The highest BCUT2D eigenvalue weighted by molar-refractivity contribution is 7.89. The van der Waals surface area contributed by atoms with Gasteiger partial charge in [0.1, 0.15) is 5.75 Å². The molecule has 1 amide bonds. The van der Waals surface area contributed by atoms with Gasteiger partial charge in [0.05, 0.1) is 9.92 Å². The van der Waals surface area contributed by atoms with E-state index < -0.39 is 15.9 Å². The SMILES string of the molecule is Cc1c(Cl)cccc1NC(=O)COc1ccc(S(=O)(=O)NC(C)C)cc1Cl. The van der Waals surface area contributed by atoms with Gasteiger partial charge in [-0.05, 0) is 56.7 Å². The van der Waals surface area contributed by atoms with Gasteiger partial charge in [0.2, 0.25) is 10.0 Å². The third-order valence-electron chi connectivity index (χ3n) is 3.51. The summed E-state index contributed by atoms with van der Waals surface area (Å²) >= 11 is 12.1. The standard InChI is InChI=1S/C18H20Cl2N2O4S/c1-11(2)22-27(24,25)13-7-8-17(15(20)9-13)26-10-18(23)21-16-6-4-5-14(19)12(16)3/h4-9,11,22H,10H2,1-3H3,(H,21,23). The number of carbonyl (C=O) groups is 1. The van der Waals surface area contributed by atoms with Crippen LogP contribution in [0.15, 0.2) is 41.3 Å². The summed E-state index contributed by atoms with van der Waals surface area (Å²) in [6.07, 6.45) is 0. The highest BCUT2D eigenvalue weighted by atomic mass is 35.5. The lowest BCUT2D eigenvalue weighted by molar-refractivity contribution is -0.118. The normalized spacial score (nSPS) is 11.5. The van der Waals surface area contributed by atoms with Crippen molar-refractivity contribution in [3.63, 3.8) is 0 Å². The molecule has 0 radical (unpaired) electrons. The number of benzene rings is 2. The van der Waals surface area contributed by atoms with E-state index in [1.807, 2.05) is 0 Å². The second-order valence-corrected chi connectivity index (χ2v) is 8.65. The molecule has 0 unspecified atom stereocenters. The van der Waals surface area contributed by atoms with Crippen molar-refractivity contribution in [1.29, 1.82) is 0 Å². The van der Waals surface area contributed by atoms with E-state index >= 15 is 0 Å². The molecule has 0 aliphatic heterocycles. The molecule has 0 aliphatic rings. The summed E-state index contributed by atoms with van der Waals surface area (Å²) in [6, 6.07) is 9.00. The number of hydrogen-bond acceptors (Lipinski definition) is 4. The minimum atomic E-state index is -3.66. The van der Waals surface area contributed by atoms with Crippen LogP contribution in [0.2, 0.25) is 10.0 Å². The fraction of sp³-hybridized carbons (Fsp3) is 0.278. The molecule has 9 heteroatoms. The number of halogens is 2. The van der Waals surface area contributed by atoms with Gasteiger partial charge in [-0.3, -0.25) is 4.79 Å². The molecular weight excluding hydrogens is 411 g/mol. The van der Waals surface area contributed by atoms with Gasteiger partial charge in [-0.2, -0.15) is 0 Å². The largest absolute Gasteiger partial charge is 0.482 e. The molecule has 0 atom stereocenters. The lowest BCUT2D eigenvalue weighted by Crippen LogP contribution is -2.30. The van der Waals surface area contributed by atoms with Crippen LogP contribution in [0.1, 0.15) is 19.4 Å². The zero-order valence-corrected chi connectivity index (χ0v) is 17.4. The second-order valence-electron chi connectivity index (χ2n) is 6.12. The van der Waals surface area contributed by atoms with Gasteiger partial charge in [0.15, 0.2) is 6.61 Å². The Bertz CT molecular complexity index is 946. The van der Waals surface area contributed by atoms with Gasteiger partial charge in [0, 0.05) is 16.8 Å². The molecule has 0 aromatic heterocycles. The van der Waals surface area contributed by atoms with Gasteiger partial charge in [-0.25, -0.2) is 13.1 Å². The number of nitrogens with one attached hydrogen (secondary N) is 2. The van der Waals surface area contributed by atoms with Crippen LogP contribution in [0.5, 0.6) is 5.75 Å². The molecule has 2 rings (SSSR count). The Morgan fingerprint density at radius 2 is 1.85 bits per heavy atom. The molecule has 146 valence electrons. The van der Waals surface area contributed by atoms with Gasteiger partial charge in [0.25, 0.3) is 5.91 Å². The summed E-state index contributed by atoms with van der Waals surface area (Å²) in [5.41, 5.74) is 1.33. The van der Waals surface area contributed by atoms with Crippen LogP contribution in [0.4, 0.5) is 5.69 Å². The summed E-state index contributed by atoms with van der Waals surface area (Å²) in [5.74, 6) is -0.187. The van der Waals surface area contributed by atoms with E-state index in [2.05, 4.69) is 10.0 Å². The van der Waals surface area contributed by atoms with Crippen molar-refractivity contribution < 1.29 is 17.9 Å². The molecule has 2 aromatic carbocycles. The number of hydrogen-bond donors (Lipinski definition) is 2. The van der Waals surface area contributed by atoms with E-state index in [9.17, 15) is 13.2 Å². The zero-order valence-electron chi connectivity index (χ0n) is 15.0. The average Bonchev–Trinajstić information content (AvgIpc) is 2.56. The summed E-state index contributed by atoms with van der Waals surface area (Å²) in [6.45, 7) is 4.94. The molecule has 0 heterocycles. The van der Waals surface area contributed by atoms with Crippen molar-refractivity contribution in [1.82, 2.24) is 4.72 Å². The summed E-state index contributed by atoms with van der Waals surface area (Å²) in [7, 11) is -3.66. The van der Waals surface area contributed by atoms with Crippen molar-refractivity contribution in [3.8, 4) is 5.75 Å². The van der Waals surface area contributed by atoms with Crippen molar-refractivity contribution in [2.45, 2.75) is 31.7 Å². The predicted octanol–water partition coefficient (Wildman–Crippen LogP) is 4.01. The quantitative estimate of drug-likeness (QED) is 0.694. The van der Waals surface area contributed by atoms with Crippen LogP contribution in [0.3, 0.4) is 0 Å². The third kappa shape index (κ3) is 5.84. The fourth-order valence-corrected chi connectivity index (χ4v) is 3.97. The number of carbonyl (C=O) groups excluding carboxylic acids is 1. The van der Waals surface area contributed by atoms with Crippen molar-refractivity contribution in [3.05, 3.63) is 52.0 Å². The molecule has 0 fully saturated rings. The molecule has 0 saturated carbocycles. The number of sulfonamides is 1. The molecule has 0 aliphatic carbocycles. The molecule has 0 spiro atoms. The number of anilines is 1. The lowest BCUT2D eigenvalue weighted by Gasteiger charge is -2.13. The van der Waals surface area contributed by atoms with Crippen LogP contribution in [0, 0.1) is 6.92 Å². The highest BCUT2D eigenvalue weighted by Gasteiger charge is 2.17. The Balaban J connectivity index is 2.04. The molecular formula is C18H20Cl2N2O4S. The third-order valence-corrected chi connectivity index (χ3v) is 5.87. The zero-order chi connectivity index (χ0) is 20.2. The van der Waals surface area contributed by atoms with E-state index in [0.717, 1.165) is 5.56 Å². The highest BCUT2D eigenvalue weighted by Crippen LogP contribution is 2.28. The van der Waals surface area contributed by atoms with Gasteiger partial charge in [-0.1, -0.05) is 29.3 Å². The van der Waals surface area contributed by atoms with Crippen LogP contribution in [0.25, 0.3) is 0 Å². The topological polar surface area (TPSA) is 84.5 Å². The number of rotatable bonds is 7. The van der Waals surface area contributed by atoms with E-state index in [0.29, 0.717) is 10.7 Å². The molecule has 0 saturated heterocycles. The molecule has 0 bridgehead atoms. The molecule has 27 heavy (non-hydrogen) atoms. The second kappa shape index (κ2) is 8.93. The maximum absolute atomic E-state index is 12.1. The minimum absolute atomic E-state index is 0.0209. The summed E-state index contributed by atoms with van der Waals surface area (Å²) in [4.78, 5) is 12.1. The van der Waals surface area contributed by atoms with Crippen molar-refractivity contribution in [2.24, 2.45) is 0 Å². The fourth-order valence-electron chi connectivity index (χ4n) is 2.22. The Morgan fingerprint density at radius 1 is 1.15 bits per heavy atom. The maximum atomic E-state index is 12.1. The Morgan fingerprint density at radius 3 is 2.48 bits per heavy atom. The van der Waals surface area contributed by atoms with Crippen LogP contribution < -0.4 is 14.8 Å². The van der Waals surface area contributed by atoms with Crippen molar-refractivity contribution >= 4 is 44.8 Å². The van der Waals surface area contributed by atoms with Gasteiger partial charge < -0.3 is 10.1 Å². The summed E-state index contributed by atoms with van der Waals surface area (Å²) < 4.78 is 32.2. The number of ether oxygens (including phenoxy) is 1. The van der Waals surface area contributed by atoms with E-state index in [-0.39, 0.29) is 28.3 Å². The van der Waals surface area contributed by atoms with Crippen LogP contribution >= 0.6 is 23.2 Å².